The molecule has 5 nitrogen and oxygen atoms in total. The van der Waals surface area contributed by atoms with E-state index in [-0.39, 0.29) is 11.8 Å². The molecule has 0 radical (unpaired) electrons. The monoisotopic (exact) mass is 386 g/mol. The summed E-state index contributed by atoms with van der Waals surface area (Å²) in [5.41, 5.74) is 1.18. The summed E-state index contributed by atoms with van der Waals surface area (Å²) >= 11 is 5.87. The van der Waals surface area contributed by atoms with Crippen LogP contribution in [0.25, 0.3) is 0 Å². The molecule has 2 amide bonds. The smallest absolute Gasteiger partial charge is 0.255 e. The van der Waals surface area contributed by atoms with Crippen molar-refractivity contribution in [3.05, 3.63) is 53.1 Å². The van der Waals surface area contributed by atoms with Gasteiger partial charge < -0.3 is 15.0 Å². The van der Waals surface area contributed by atoms with Crippen LogP contribution in [-0.4, -0.2) is 25.0 Å². The molecular formula is C21H23ClN2O3. The summed E-state index contributed by atoms with van der Waals surface area (Å²) < 4.78 is 5.88. The lowest BCUT2D eigenvalue weighted by atomic mass is 9.93. The Hall–Kier alpha value is -2.53. The number of anilines is 2. The second-order valence-corrected chi connectivity index (χ2v) is 7.71. The summed E-state index contributed by atoms with van der Waals surface area (Å²) in [6.45, 7) is 6.70. The number of rotatable bonds is 4. The average Bonchev–Trinajstić information content (AvgIpc) is 2.73. The number of carbonyl (C=O) groups is 2. The molecule has 27 heavy (non-hydrogen) atoms. The van der Waals surface area contributed by atoms with Crippen molar-refractivity contribution in [1.82, 2.24) is 0 Å². The minimum Gasteiger partial charge on any atom is -0.490 e. The minimum atomic E-state index is -0.610. The summed E-state index contributed by atoms with van der Waals surface area (Å²) in [5.74, 6) is 0.422. The molecule has 2 aromatic carbocycles. The Morgan fingerprint density at radius 1 is 1.22 bits per heavy atom. The molecule has 1 heterocycles. The number of carbonyl (C=O) groups excluding carboxylic acids is 2. The van der Waals surface area contributed by atoms with Gasteiger partial charge in [0.05, 0.1) is 11.1 Å². The molecule has 6 heteroatoms. The average molecular weight is 387 g/mol. The summed E-state index contributed by atoms with van der Waals surface area (Å²) in [4.78, 5) is 27.2. The molecule has 142 valence electrons. The first-order valence-corrected chi connectivity index (χ1v) is 9.35. The standard InChI is InChI=1S/C21H23ClN2O3/c1-4-11-24-17-12-16(23-19(25)14-5-7-15(22)8-6-14)9-10-18(17)27-13-21(2,3)20(24)26/h5-10,12H,4,11,13H2,1-3H3,(H,23,25). The number of benzene rings is 2. The van der Waals surface area contributed by atoms with E-state index < -0.39 is 5.41 Å². The minimum absolute atomic E-state index is 0.0178. The molecule has 0 saturated carbocycles. The van der Waals surface area contributed by atoms with Gasteiger partial charge in [-0.1, -0.05) is 18.5 Å². The molecule has 0 atom stereocenters. The molecule has 3 rings (SSSR count). The predicted octanol–water partition coefficient (Wildman–Crippen LogP) is 4.75. The maximum Gasteiger partial charge on any atom is 0.255 e. The second kappa shape index (κ2) is 7.61. The summed E-state index contributed by atoms with van der Waals surface area (Å²) in [7, 11) is 0. The molecule has 1 N–H and O–H groups in total. The lowest BCUT2D eigenvalue weighted by Crippen LogP contribution is -2.42. The highest BCUT2D eigenvalue weighted by Crippen LogP contribution is 2.38. The predicted molar refractivity (Wildman–Crippen MR) is 108 cm³/mol. The van der Waals surface area contributed by atoms with E-state index in [9.17, 15) is 9.59 Å². The van der Waals surface area contributed by atoms with Crippen molar-refractivity contribution in [2.45, 2.75) is 27.2 Å². The number of fused-ring (bicyclic) bond motifs is 1. The van der Waals surface area contributed by atoms with Crippen LogP contribution in [-0.2, 0) is 4.79 Å². The summed E-state index contributed by atoms with van der Waals surface area (Å²) in [6, 6.07) is 12.0. The highest BCUT2D eigenvalue weighted by atomic mass is 35.5. The second-order valence-electron chi connectivity index (χ2n) is 7.27. The molecule has 2 aromatic rings. The van der Waals surface area contributed by atoms with Crippen molar-refractivity contribution in [3.8, 4) is 5.75 Å². The van der Waals surface area contributed by atoms with Crippen LogP contribution in [0, 0.1) is 5.41 Å². The van der Waals surface area contributed by atoms with Crippen LogP contribution in [0.15, 0.2) is 42.5 Å². The number of halogens is 1. The highest BCUT2D eigenvalue weighted by Gasteiger charge is 2.37. The molecule has 0 aliphatic carbocycles. The zero-order chi connectivity index (χ0) is 19.6. The van der Waals surface area contributed by atoms with Gasteiger partial charge in [-0.05, 0) is 62.7 Å². The Balaban J connectivity index is 1.90. The Morgan fingerprint density at radius 3 is 2.59 bits per heavy atom. The van der Waals surface area contributed by atoms with Gasteiger partial charge in [0.2, 0.25) is 5.91 Å². The van der Waals surface area contributed by atoms with Gasteiger partial charge in [-0.25, -0.2) is 0 Å². The Labute approximate surface area is 164 Å². The van der Waals surface area contributed by atoms with Gasteiger partial charge in [0.15, 0.2) is 0 Å². The van der Waals surface area contributed by atoms with E-state index in [1.165, 1.54) is 0 Å². The van der Waals surface area contributed by atoms with E-state index in [0.29, 0.717) is 40.9 Å². The van der Waals surface area contributed by atoms with Gasteiger partial charge in [-0.2, -0.15) is 0 Å². The molecule has 1 aliphatic rings. The van der Waals surface area contributed by atoms with Crippen molar-refractivity contribution < 1.29 is 14.3 Å². The zero-order valence-electron chi connectivity index (χ0n) is 15.7. The quantitative estimate of drug-likeness (QED) is 0.824. The van der Waals surface area contributed by atoms with Crippen LogP contribution < -0.4 is 15.0 Å². The number of ether oxygens (including phenoxy) is 1. The summed E-state index contributed by atoms with van der Waals surface area (Å²) in [6.07, 6.45) is 0.822. The fourth-order valence-electron chi connectivity index (χ4n) is 2.97. The van der Waals surface area contributed by atoms with Crippen molar-refractivity contribution in [2.75, 3.05) is 23.4 Å². The molecule has 0 saturated heterocycles. The number of hydrogen-bond donors (Lipinski definition) is 1. The number of hydrogen-bond acceptors (Lipinski definition) is 3. The van der Waals surface area contributed by atoms with E-state index in [0.717, 1.165) is 6.42 Å². The number of amides is 2. The maximum atomic E-state index is 13.0. The Morgan fingerprint density at radius 2 is 1.93 bits per heavy atom. The number of nitrogens with zero attached hydrogens (tertiary/aromatic N) is 1. The third-order valence-corrected chi connectivity index (χ3v) is 4.73. The van der Waals surface area contributed by atoms with Gasteiger partial charge in [-0.3, -0.25) is 9.59 Å². The van der Waals surface area contributed by atoms with E-state index in [1.807, 2.05) is 20.8 Å². The maximum absolute atomic E-state index is 13.0. The van der Waals surface area contributed by atoms with E-state index >= 15 is 0 Å². The van der Waals surface area contributed by atoms with Crippen molar-refractivity contribution in [2.24, 2.45) is 5.41 Å². The van der Waals surface area contributed by atoms with Crippen LogP contribution in [0.5, 0.6) is 5.75 Å². The first-order valence-electron chi connectivity index (χ1n) is 8.97. The van der Waals surface area contributed by atoms with Gasteiger partial charge >= 0.3 is 0 Å². The van der Waals surface area contributed by atoms with E-state index in [1.54, 1.807) is 47.4 Å². The van der Waals surface area contributed by atoms with Crippen LogP contribution >= 0.6 is 11.6 Å². The Bertz CT molecular complexity index is 862. The van der Waals surface area contributed by atoms with E-state index in [4.69, 9.17) is 16.3 Å². The molecule has 0 bridgehead atoms. The highest BCUT2D eigenvalue weighted by molar-refractivity contribution is 6.30. The third kappa shape index (κ3) is 4.08. The van der Waals surface area contributed by atoms with Crippen molar-refractivity contribution in [1.29, 1.82) is 0 Å². The third-order valence-electron chi connectivity index (χ3n) is 4.47. The molecule has 0 aromatic heterocycles. The zero-order valence-corrected chi connectivity index (χ0v) is 16.5. The van der Waals surface area contributed by atoms with Crippen LogP contribution in [0.1, 0.15) is 37.6 Å². The fraction of sp³-hybridized carbons (Fsp3) is 0.333. The largest absolute Gasteiger partial charge is 0.490 e. The summed E-state index contributed by atoms with van der Waals surface area (Å²) in [5, 5.41) is 3.45. The van der Waals surface area contributed by atoms with E-state index in [2.05, 4.69) is 5.32 Å². The van der Waals surface area contributed by atoms with Gasteiger partial charge in [-0.15, -0.1) is 0 Å². The van der Waals surface area contributed by atoms with Crippen molar-refractivity contribution >= 4 is 34.8 Å². The first kappa shape index (κ1) is 19.2. The van der Waals surface area contributed by atoms with Crippen LogP contribution in [0.3, 0.4) is 0 Å². The Kier molecular flexibility index (Phi) is 5.42. The lowest BCUT2D eigenvalue weighted by Gasteiger charge is -2.27. The molecule has 0 fully saturated rings. The van der Waals surface area contributed by atoms with Gasteiger partial charge in [0, 0.05) is 22.8 Å². The fourth-order valence-corrected chi connectivity index (χ4v) is 3.10. The molecule has 0 unspecified atom stereocenters. The van der Waals surface area contributed by atoms with Gasteiger partial charge in [0.1, 0.15) is 12.4 Å². The van der Waals surface area contributed by atoms with Gasteiger partial charge in [0.25, 0.3) is 5.91 Å². The van der Waals surface area contributed by atoms with Crippen LogP contribution in [0.4, 0.5) is 11.4 Å². The van der Waals surface area contributed by atoms with Crippen molar-refractivity contribution in [3.63, 3.8) is 0 Å². The normalized spacial score (nSPS) is 15.6. The molecule has 0 spiro atoms. The lowest BCUT2D eigenvalue weighted by molar-refractivity contribution is -0.127. The topological polar surface area (TPSA) is 58.6 Å². The SMILES string of the molecule is CCCN1C(=O)C(C)(C)COc2ccc(NC(=O)c3ccc(Cl)cc3)cc21. The number of nitrogens with one attached hydrogen (secondary N) is 1. The van der Waals surface area contributed by atoms with Crippen LogP contribution in [0.2, 0.25) is 5.02 Å². The first-order chi connectivity index (χ1) is 12.8. The molecular weight excluding hydrogens is 364 g/mol. The molecule has 1 aliphatic heterocycles.